The third-order valence-corrected chi connectivity index (χ3v) is 2.89. The van der Waals surface area contributed by atoms with Crippen molar-refractivity contribution < 1.29 is 18.0 Å². The maximum absolute atomic E-state index is 12.7. The summed E-state index contributed by atoms with van der Waals surface area (Å²) in [6, 6.07) is 6.38. The molecule has 22 heavy (non-hydrogen) atoms. The largest absolute Gasteiger partial charge is 0.416 e. The number of benzene rings is 1. The van der Waals surface area contributed by atoms with E-state index in [0.717, 1.165) is 12.1 Å². The number of nitrogens with one attached hydrogen (secondary N) is 1. The molecule has 2 rings (SSSR count). The number of aromatic nitrogens is 2. The van der Waals surface area contributed by atoms with Gasteiger partial charge < -0.3 is 5.32 Å². The summed E-state index contributed by atoms with van der Waals surface area (Å²) in [4.78, 5) is 11.6. The summed E-state index contributed by atoms with van der Waals surface area (Å²) >= 11 is 0. The molecule has 1 amide bonds. The number of hydrogen-bond donors (Lipinski definition) is 1. The number of carbonyl (C=O) groups is 1. The summed E-state index contributed by atoms with van der Waals surface area (Å²) in [5.74, 6) is 0.345. The zero-order chi connectivity index (χ0) is 16.3. The molecule has 7 heteroatoms. The van der Waals surface area contributed by atoms with Crippen molar-refractivity contribution in [3.05, 3.63) is 42.1 Å². The van der Waals surface area contributed by atoms with Gasteiger partial charge in [-0.05, 0) is 24.1 Å². The Morgan fingerprint density at radius 3 is 2.68 bits per heavy atom. The van der Waals surface area contributed by atoms with Crippen LogP contribution >= 0.6 is 0 Å². The lowest BCUT2D eigenvalue weighted by molar-refractivity contribution is -0.137. The average Bonchev–Trinajstić information content (AvgIpc) is 2.85. The molecule has 0 aliphatic rings. The van der Waals surface area contributed by atoms with E-state index in [1.54, 1.807) is 6.07 Å². The molecule has 1 heterocycles. The minimum absolute atomic E-state index is 0.177. The van der Waals surface area contributed by atoms with Gasteiger partial charge in [0.05, 0.1) is 11.3 Å². The van der Waals surface area contributed by atoms with Crippen LogP contribution in [0.3, 0.4) is 0 Å². The minimum atomic E-state index is -4.41. The molecule has 2 aromatic rings. The number of halogens is 3. The first-order chi connectivity index (χ1) is 10.3. The van der Waals surface area contributed by atoms with Gasteiger partial charge in [-0.1, -0.05) is 19.9 Å². The number of amides is 1. The molecule has 0 saturated carbocycles. The Bertz CT molecular complexity index is 662. The van der Waals surface area contributed by atoms with Crippen molar-refractivity contribution in [3.8, 4) is 5.69 Å². The number of carbonyl (C=O) groups excluding carboxylic acids is 1. The lowest BCUT2D eigenvalue weighted by Crippen LogP contribution is -2.14. The number of hydrogen-bond acceptors (Lipinski definition) is 2. The van der Waals surface area contributed by atoms with E-state index in [-0.39, 0.29) is 17.5 Å². The maximum Gasteiger partial charge on any atom is 0.416 e. The van der Waals surface area contributed by atoms with E-state index in [9.17, 15) is 18.0 Å². The van der Waals surface area contributed by atoms with Gasteiger partial charge in [-0.2, -0.15) is 18.3 Å². The predicted molar refractivity (Wildman–Crippen MR) is 76.7 cm³/mol. The van der Waals surface area contributed by atoms with E-state index in [0.29, 0.717) is 12.2 Å². The molecule has 1 aromatic heterocycles. The summed E-state index contributed by atoms with van der Waals surface area (Å²) < 4.78 is 39.4. The van der Waals surface area contributed by atoms with Gasteiger partial charge in [-0.25, -0.2) is 4.68 Å². The Hall–Kier alpha value is -2.31. The van der Waals surface area contributed by atoms with Crippen LogP contribution in [0.2, 0.25) is 0 Å². The molecule has 0 spiro atoms. The molecular formula is C15H16F3N3O. The van der Waals surface area contributed by atoms with Crippen molar-refractivity contribution in [2.75, 3.05) is 5.32 Å². The highest BCUT2D eigenvalue weighted by atomic mass is 19.4. The highest BCUT2D eigenvalue weighted by Crippen LogP contribution is 2.30. The molecule has 0 bridgehead atoms. The first-order valence-electron chi connectivity index (χ1n) is 6.79. The fourth-order valence-corrected chi connectivity index (χ4v) is 1.92. The van der Waals surface area contributed by atoms with E-state index >= 15 is 0 Å². The zero-order valence-electron chi connectivity index (χ0n) is 12.2. The second kappa shape index (κ2) is 6.21. The number of anilines is 1. The summed E-state index contributed by atoms with van der Waals surface area (Å²) in [5.41, 5.74) is -0.468. The minimum Gasteiger partial charge on any atom is -0.309 e. The smallest absolute Gasteiger partial charge is 0.309 e. The van der Waals surface area contributed by atoms with Crippen LogP contribution < -0.4 is 5.32 Å². The van der Waals surface area contributed by atoms with E-state index in [1.807, 2.05) is 13.8 Å². The Balaban J connectivity index is 2.16. The zero-order valence-corrected chi connectivity index (χ0v) is 12.2. The van der Waals surface area contributed by atoms with Crippen LogP contribution in [0, 0.1) is 5.92 Å². The lowest BCUT2D eigenvalue weighted by Gasteiger charge is -2.08. The summed E-state index contributed by atoms with van der Waals surface area (Å²) in [5, 5.41) is 6.68. The van der Waals surface area contributed by atoms with Gasteiger partial charge >= 0.3 is 6.18 Å². The highest BCUT2D eigenvalue weighted by Gasteiger charge is 2.30. The van der Waals surface area contributed by atoms with Gasteiger partial charge in [0.2, 0.25) is 5.91 Å². The van der Waals surface area contributed by atoms with Gasteiger partial charge in [-0.15, -0.1) is 0 Å². The van der Waals surface area contributed by atoms with Crippen molar-refractivity contribution in [1.29, 1.82) is 0 Å². The second-order valence-electron chi connectivity index (χ2n) is 5.34. The molecular weight excluding hydrogens is 295 g/mol. The molecule has 0 aliphatic heterocycles. The molecule has 1 N–H and O–H groups in total. The van der Waals surface area contributed by atoms with Crippen LogP contribution in [-0.2, 0) is 11.0 Å². The third kappa shape index (κ3) is 4.09. The van der Waals surface area contributed by atoms with Crippen LogP contribution in [0.25, 0.3) is 5.69 Å². The molecule has 118 valence electrons. The summed E-state index contributed by atoms with van der Waals surface area (Å²) in [6.45, 7) is 3.83. The lowest BCUT2D eigenvalue weighted by atomic mass is 10.1. The Labute approximate surface area is 125 Å². The number of alkyl halides is 3. The second-order valence-corrected chi connectivity index (χ2v) is 5.34. The fourth-order valence-electron chi connectivity index (χ4n) is 1.92. The molecule has 0 unspecified atom stereocenters. The van der Waals surface area contributed by atoms with E-state index in [4.69, 9.17) is 0 Å². The standard InChI is InChI=1S/C15H16F3N3O/c1-10(2)8-14(22)19-13-6-7-21(20-13)12-5-3-4-11(9-12)15(16,17)18/h3-7,9-10H,8H2,1-2H3,(H,19,20,22). The average molecular weight is 311 g/mol. The van der Waals surface area contributed by atoms with Crippen LogP contribution in [0.4, 0.5) is 19.0 Å². The summed E-state index contributed by atoms with van der Waals surface area (Å²) in [6.07, 6.45) is -2.55. The molecule has 0 saturated heterocycles. The maximum atomic E-state index is 12.7. The van der Waals surface area contributed by atoms with Gasteiger partial charge in [0.25, 0.3) is 0 Å². The topological polar surface area (TPSA) is 46.9 Å². The van der Waals surface area contributed by atoms with Crippen molar-refractivity contribution >= 4 is 11.7 Å². The Morgan fingerprint density at radius 1 is 1.32 bits per heavy atom. The van der Waals surface area contributed by atoms with Gasteiger partial charge in [0, 0.05) is 18.7 Å². The normalized spacial score (nSPS) is 11.7. The van der Waals surface area contributed by atoms with E-state index in [1.165, 1.54) is 23.0 Å². The van der Waals surface area contributed by atoms with Crippen molar-refractivity contribution in [3.63, 3.8) is 0 Å². The first-order valence-corrected chi connectivity index (χ1v) is 6.79. The van der Waals surface area contributed by atoms with Crippen molar-refractivity contribution in [1.82, 2.24) is 9.78 Å². The summed E-state index contributed by atoms with van der Waals surface area (Å²) in [7, 11) is 0. The molecule has 0 aliphatic carbocycles. The van der Waals surface area contributed by atoms with Crippen LogP contribution in [-0.4, -0.2) is 15.7 Å². The number of nitrogens with zero attached hydrogens (tertiary/aromatic N) is 2. The fraction of sp³-hybridized carbons (Fsp3) is 0.333. The van der Waals surface area contributed by atoms with Gasteiger partial charge in [0.1, 0.15) is 0 Å². The van der Waals surface area contributed by atoms with Crippen LogP contribution in [0.15, 0.2) is 36.5 Å². The van der Waals surface area contributed by atoms with Crippen molar-refractivity contribution in [2.45, 2.75) is 26.4 Å². The third-order valence-electron chi connectivity index (χ3n) is 2.89. The van der Waals surface area contributed by atoms with E-state index in [2.05, 4.69) is 10.4 Å². The first kappa shape index (κ1) is 16.1. The van der Waals surface area contributed by atoms with E-state index < -0.39 is 11.7 Å². The molecule has 0 radical (unpaired) electrons. The van der Waals surface area contributed by atoms with Crippen molar-refractivity contribution in [2.24, 2.45) is 5.92 Å². The number of rotatable bonds is 4. The van der Waals surface area contributed by atoms with Gasteiger partial charge in [-0.3, -0.25) is 4.79 Å². The predicted octanol–water partition coefficient (Wildman–Crippen LogP) is 3.88. The Kier molecular flexibility index (Phi) is 4.54. The quantitative estimate of drug-likeness (QED) is 0.931. The monoisotopic (exact) mass is 311 g/mol. The molecule has 0 atom stereocenters. The SMILES string of the molecule is CC(C)CC(=O)Nc1ccn(-c2cccc(C(F)(F)F)c2)n1. The molecule has 0 fully saturated rings. The van der Waals surface area contributed by atoms with Gasteiger partial charge in [0.15, 0.2) is 5.82 Å². The Morgan fingerprint density at radius 2 is 2.05 bits per heavy atom. The molecule has 1 aromatic carbocycles. The van der Waals surface area contributed by atoms with Crippen LogP contribution in [0.1, 0.15) is 25.8 Å². The molecule has 4 nitrogen and oxygen atoms in total. The highest BCUT2D eigenvalue weighted by molar-refractivity contribution is 5.89. The van der Waals surface area contributed by atoms with Crippen LogP contribution in [0.5, 0.6) is 0 Å².